The molecule has 0 atom stereocenters. The molecule has 0 N–H and O–H groups in total. The number of nitro groups is 1. The molecule has 0 heterocycles. The fourth-order valence-electron chi connectivity index (χ4n) is 1.93. The van der Waals surface area contributed by atoms with Gasteiger partial charge in [0, 0.05) is 0 Å². The maximum atomic E-state index is 12.5. The van der Waals surface area contributed by atoms with Crippen LogP contribution >= 0.6 is 11.6 Å². The molecule has 0 spiro atoms. The van der Waals surface area contributed by atoms with E-state index in [0.29, 0.717) is 8.93 Å². The van der Waals surface area contributed by atoms with Crippen LogP contribution in [0.1, 0.15) is 5.56 Å². The van der Waals surface area contributed by atoms with Crippen LogP contribution in [0.2, 0.25) is 0 Å². The number of hydrogen-bond donors (Lipinski definition) is 0. The SMILES string of the molecule is Cc1ccc(S(=O)(=O)C/C(=C/Cl)[Se]c2ccccc2[N+](=O)[O-])cc1. The predicted molar refractivity (Wildman–Crippen MR) is 95.7 cm³/mol. The van der Waals surface area contributed by atoms with Crippen LogP contribution in [-0.4, -0.2) is 34.1 Å². The molecule has 0 amide bonds. The Hall–Kier alpha value is -1.66. The predicted octanol–water partition coefficient (Wildman–Crippen LogP) is 2.79. The monoisotopic (exact) mass is 431 g/mol. The molecule has 0 aliphatic heterocycles. The number of nitro benzene ring substituents is 1. The molecule has 126 valence electrons. The topological polar surface area (TPSA) is 77.3 Å². The average molecular weight is 431 g/mol. The van der Waals surface area contributed by atoms with E-state index in [0.717, 1.165) is 5.56 Å². The minimum absolute atomic E-state index is 0.0266. The minimum atomic E-state index is -3.55. The van der Waals surface area contributed by atoms with Gasteiger partial charge in [-0.2, -0.15) is 0 Å². The molecule has 24 heavy (non-hydrogen) atoms. The molecule has 2 rings (SSSR count). The van der Waals surface area contributed by atoms with Gasteiger partial charge in [0.1, 0.15) is 0 Å². The van der Waals surface area contributed by atoms with E-state index in [9.17, 15) is 18.5 Å². The van der Waals surface area contributed by atoms with Crippen molar-refractivity contribution in [1.82, 2.24) is 0 Å². The number of halogens is 1. The van der Waals surface area contributed by atoms with Crippen LogP contribution < -0.4 is 4.46 Å². The third kappa shape index (κ3) is 4.67. The summed E-state index contributed by atoms with van der Waals surface area (Å²) >= 11 is 5.24. The first-order valence-electron chi connectivity index (χ1n) is 6.83. The quantitative estimate of drug-likeness (QED) is 0.401. The molecule has 2 aromatic rings. The van der Waals surface area contributed by atoms with Gasteiger partial charge in [-0.3, -0.25) is 0 Å². The summed E-state index contributed by atoms with van der Waals surface area (Å²) in [7, 11) is -3.55. The van der Waals surface area contributed by atoms with E-state index in [4.69, 9.17) is 11.6 Å². The second-order valence-electron chi connectivity index (χ2n) is 4.97. The molecule has 0 aliphatic rings. The molecular weight excluding hydrogens is 417 g/mol. The van der Waals surface area contributed by atoms with E-state index < -0.39 is 29.7 Å². The number of nitrogens with zero attached hydrogens (tertiary/aromatic N) is 1. The Balaban J connectivity index is 2.25. The molecule has 2 aromatic carbocycles. The van der Waals surface area contributed by atoms with Crippen molar-refractivity contribution in [3.8, 4) is 0 Å². The van der Waals surface area contributed by atoms with Crippen LogP contribution in [0.5, 0.6) is 0 Å². The number of aryl methyl sites for hydroxylation is 1. The van der Waals surface area contributed by atoms with Gasteiger partial charge in [0.2, 0.25) is 0 Å². The van der Waals surface area contributed by atoms with Crippen molar-refractivity contribution < 1.29 is 13.3 Å². The van der Waals surface area contributed by atoms with E-state index in [2.05, 4.69) is 0 Å². The van der Waals surface area contributed by atoms with Gasteiger partial charge < -0.3 is 0 Å². The Kier molecular flexibility index (Phi) is 6.18. The van der Waals surface area contributed by atoms with Gasteiger partial charge in [0.05, 0.1) is 0 Å². The van der Waals surface area contributed by atoms with Crippen molar-refractivity contribution in [2.45, 2.75) is 11.8 Å². The zero-order valence-electron chi connectivity index (χ0n) is 12.7. The Morgan fingerprint density at radius 3 is 2.42 bits per heavy atom. The molecular formula is C16H14ClNO4SSe. The van der Waals surface area contributed by atoms with E-state index in [-0.39, 0.29) is 16.3 Å². The molecule has 0 aromatic heterocycles. The Bertz CT molecular complexity index is 879. The van der Waals surface area contributed by atoms with Crippen molar-refractivity contribution in [1.29, 1.82) is 0 Å². The summed E-state index contributed by atoms with van der Waals surface area (Å²) in [4.78, 5) is 10.8. The third-order valence-electron chi connectivity index (χ3n) is 3.14. The van der Waals surface area contributed by atoms with Crippen molar-refractivity contribution >= 4 is 46.5 Å². The molecule has 0 radical (unpaired) electrons. The van der Waals surface area contributed by atoms with Crippen LogP contribution in [0.4, 0.5) is 5.69 Å². The van der Waals surface area contributed by atoms with Gasteiger partial charge in [-0.1, -0.05) is 0 Å². The van der Waals surface area contributed by atoms with Crippen LogP contribution in [-0.2, 0) is 9.84 Å². The zero-order valence-corrected chi connectivity index (χ0v) is 16.0. The number of rotatable bonds is 6. The van der Waals surface area contributed by atoms with E-state index >= 15 is 0 Å². The molecule has 0 aliphatic carbocycles. The first-order valence-corrected chi connectivity index (χ1v) is 10.6. The van der Waals surface area contributed by atoms with Gasteiger partial charge in [-0.25, -0.2) is 0 Å². The molecule has 0 bridgehead atoms. The zero-order chi connectivity index (χ0) is 17.7. The van der Waals surface area contributed by atoms with Gasteiger partial charge in [-0.05, 0) is 0 Å². The van der Waals surface area contributed by atoms with Crippen molar-refractivity contribution in [2.75, 3.05) is 5.75 Å². The van der Waals surface area contributed by atoms with E-state index in [1.807, 2.05) is 6.92 Å². The molecule has 8 heteroatoms. The summed E-state index contributed by atoms with van der Waals surface area (Å²) < 4.78 is 25.9. The van der Waals surface area contributed by atoms with E-state index in [1.54, 1.807) is 42.5 Å². The van der Waals surface area contributed by atoms with Crippen molar-refractivity contribution in [3.63, 3.8) is 0 Å². The summed E-state index contributed by atoms with van der Waals surface area (Å²) in [6.07, 6.45) is 0. The average Bonchev–Trinajstić information content (AvgIpc) is 2.54. The second kappa shape index (κ2) is 7.94. The maximum absolute atomic E-state index is 12.5. The van der Waals surface area contributed by atoms with Crippen molar-refractivity contribution in [2.24, 2.45) is 0 Å². The van der Waals surface area contributed by atoms with Crippen LogP contribution in [0.15, 0.2) is 63.4 Å². The summed E-state index contributed by atoms with van der Waals surface area (Å²) in [5.74, 6) is -0.258. The second-order valence-corrected chi connectivity index (χ2v) is 9.63. The number of benzene rings is 2. The van der Waals surface area contributed by atoms with Crippen LogP contribution in [0.25, 0.3) is 0 Å². The third-order valence-corrected chi connectivity index (χ3v) is 8.07. The van der Waals surface area contributed by atoms with E-state index in [1.165, 1.54) is 11.6 Å². The van der Waals surface area contributed by atoms with Gasteiger partial charge >= 0.3 is 152 Å². The fraction of sp³-hybridized carbons (Fsp3) is 0.125. The van der Waals surface area contributed by atoms with Crippen LogP contribution in [0.3, 0.4) is 0 Å². The molecule has 0 saturated heterocycles. The van der Waals surface area contributed by atoms with Crippen LogP contribution in [0, 0.1) is 17.0 Å². The summed E-state index contributed by atoms with van der Waals surface area (Å²) in [5.41, 5.74) is 2.15. The number of para-hydroxylation sites is 1. The fourth-order valence-corrected chi connectivity index (χ4v) is 6.43. The molecule has 0 saturated carbocycles. The summed E-state index contributed by atoms with van der Waals surface area (Å²) in [5, 5.41) is 11.1. The first kappa shape index (κ1) is 18.7. The molecule has 0 fully saturated rings. The Morgan fingerprint density at radius 2 is 1.83 bits per heavy atom. The Morgan fingerprint density at radius 1 is 1.21 bits per heavy atom. The molecule has 0 unspecified atom stereocenters. The normalized spacial score (nSPS) is 12.2. The number of sulfone groups is 1. The summed E-state index contributed by atoms with van der Waals surface area (Å²) in [6, 6.07) is 12.8. The first-order chi connectivity index (χ1) is 11.3. The van der Waals surface area contributed by atoms with Gasteiger partial charge in [0.25, 0.3) is 0 Å². The van der Waals surface area contributed by atoms with Gasteiger partial charge in [0.15, 0.2) is 0 Å². The number of hydrogen-bond acceptors (Lipinski definition) is 4. The summed E-state index contributed by atoms with van der Waals surface area (Å²) in [6.45, 7) is 1.87. The molecule has 5 nitrogen and oxygen atoms in total. The standard InChI is InChI=1S/C16H14ClNO4SSe/c1-12-6-8-13(9-7-12)23(21,22)11-14(10-17)24-16-5-3-2-4-15(16)18(19)20/h2-10H,11H2,1H3/b14-10-. The van der Waals surface area contributed by atoms with Gasteiger partial charge in [-0.15, -0.1) is 0 Å². The van der Waals surface area contributed by atoms with Crippen molar-refractivity contribution in [3.05, 3.63) is 74.2 Å². The Labute approximate surface area is 151 Å².